The lowest BCUT2D eigenvalue weighted by Gasteiger charge is -2.08. The van der Waals surface area contributed by atoms with E-state index in [1.54, 1.807) is 22.3 Å². The first kappa shape index (κ1) is 15.1. The number of nitrogens with zero attached hydrogens (tertiary/aromatic N) is 1. The Hall–Kier alpha value is -2.79. The van der Waals surface area contributed by atoms with Crippen LogP contribution in [0.5, 0.6) is 5.88 Å². The topological polar surface area (TPSA) is 74.5 Å². The molecular weight excluding hydrogens is 292 g/mol. The molecule has 1 aromatic heterocycles. The van der Waals surface area contributed by atoms with Gasteiger partial charge >= 0.3 is 0 Å². The van der Waals surface area contributed by atoms with E-state index in [1.165, 1.54) is 5.39 Å². The van der Waals surface area contributed by atoms with Crippen molar-refractivity contribution in [2.45, 2.75) is 19.4 Å². The van der Waals surface area contributed by atoms with Gasteiger partial charge in [0.1, 0.15) is 0 Å². The first-order chi connectivity index (χ1) is 11.2. The normalized spacial score (nSPS) is 10.8. The molecular formula is C18H18N2O3. The van der Waals surface area contributed by atoms with E-state index in [1.807, 2.05) is 18.2 Å². The molecule has 0 unspecified atom stereocenters. The molecule has 1 heterocycles. The van der Waals surface area contributed by atoms with Gasteiger partial charge in [-0.3, -0.25) is 10.0 Å². The molecule has 1 amide bonds. The number of rotatable bonds is 5. The smallest absolute Gasteiger partial charge is 0.243 e. The zero-order valence-electron chi connectivity index (χ0n) is 12.6. The van der Waals surface area contributed by atoms with Gasteiger partial charge in [-0.2, -0.15) is 0 Å². The maximum atomic E-state index is 11.1. The van der Waals surface area contributed by atoms with Gasteiger partial charge in [0, 0.05) is 18.2 Å². The highest BCUT2D eigenvalue weighted by Crippen LogP contribution is 2.23. The summed E-state index contributed by atoms with van der Waals surface area (Å²) in [7, 11) is 0. The third kappa shape index (κ3) is 3.35. The highest BCUT2D eigenvalue weighted by Gasteiger charge is 2.10. The molecule has 23 heavy (non-hydrogen) atoms. The molecule has 0 aliphatic heterocycles. The van der Waals surface area contributed by atoms with Crippen molar-refractivity contribution in [2.75, 3.05) is 0 Å². The number of hydrogen-bond acceptors (Lipinski definition) is 3. The standard InChI is InChI=1S/C18H18N2O3/c21-17(19-23)8-7-15-9-10-20(18(15)22)12-13-5-6-14-3-1-2-4-16(14)11-13/h1-6,9-11,22-23H,7-8,12H2,(H,19,21). The van der Waals surface area contributed by atoms with E-state index in [0.717, 1.165) is 10.9 Å². The van der Waals surface area contributed by atoms with E-state index >= 15 is 0 Å². The summed E-state index contributed by atoms with van der Waals surface area (Å²) >= 11 is 0. The molecule has 0 aliphatic carbocycles. The van der Waals surface area contributed by atoms with Crippen LogP contribution >= 0.6 is 0 Å². The fraction of sp³-hybridized carbons (Fsp3) is 0.167. The lowest BCUT2D eigenvalue weighted by atomic mass is 10.1. The van der Waals surface area contributed by atoms with Crippen LogP contribution in [-0.4, -0.2) is 20.8 Å². The monoisotopic (exact) mass is 310 g/mol. The molecule has 0 saturated carbocycles. The van der Waals surface area contributed by atoms with Crippen LogP contribution in [0.1, 0.15) is 17.5 Å². The number of hydrogen-bond donors (Lipinski definition) is 3. The summed E-state index contributed by atoms with van der Waals surface area (Å²) in [4.78, 5) is 11.1. The van der Waals surface area contributed by atoms with Crippen LogP contribution < -0.4 is 5.48 Å². The first-order valence-electron chi connectivity index (χ1n) is 7.45. The minimum absolute atomic E-state index is 0.129. The Morgan fingerprint density at radius 3 is 2.65 bits per heavy atom. The van der Waals surface area contributed by atoms with Crippen molar-refractivity contribution < 1.29 is 15.1 Å². The van der Waals surface area contributed by atoms with Crippen molar-refractivity contribution in [3.8, 4) is 5.88 Å². The molecule has 0 spiro atoms. The number of benzene rings is 2. The largest absolute Gasteiger partial charge is 0.494 e. The number of fused-ring (bicyclic) bond motifs is 1. The fourth-order valence-electron chi connectivity index (χ4n) is 2.67. The minimum Gasteiger partial charge on any atom is -0.494 e. The van der Waals surface area contributed by atoms with E-state index < -0.39 is 5.91 Å². The SMILES string of the molecule is O=C(CCc1ccn(Cc2ccc3ccccc3c2)c1O)NO. The molecule has 3 rings (SSSR count). The van der Waals surface area contributed by atoms with Gasteiger partial charge in [0.25, 0.3) is 0 Å². The third-order valence-electron chi connectivity index (χ3n) is 3.93. The van der Waals surface area contributed by atoms with Crippen LogP contribution in [0.25, 0.3) is 10.8 Å². The molecule has 0 bridgehead atoms. The van der Waals surface area contributed by atoms with Crippen LogP contribution in [0.4, 0.5) is 0 Å². The van der Waals surface area contributed by atoms with Gasteiger partial charge in [-0.25, -0.2) is 5.48 Å². The molecule has 3 aromatic rings. The predicted octanol–water partition coefficient (Wildman–Crippen LogP) is 2.83. The number of aryl methyl sites for hydroxylation is 1. The molecule has 118 valence electrons. The van der Waals surface area contributed by atoms with Gasteiger partial charge in [0.2, 0.25) is 5.91 Å². The van der Waals surface area contributed by atoms with Gasteiger partial charge < -0.3 is 9.67 Å². The summed E-state index contributed by atoms with van der Waals surface area (Å²) in [6.07, 6.45) is 2.31. The third-order valence-corrected chi connectivity index (χ3v) is 3.93. The number of nitrogens with one attached hydrogen (secondary N) is 1. The number of aromatic nitrogens is 1. The van der Waals surface area contributed by atoms with E-state index in [9.17, 15) is 9.90 Å². The highest BCUT2D eigenvalue weighted by atomic mass is 16.5. The molecule has 0 atom stereocenters. The number of aromatic hydroxyl groups is 1. The summed E-state index contributed by atoms with van der Waals surface area (Å²) in [5.41, 5.74) is 3.37. The van der Waals surface area contributed by atoms with E-state index in [0.29, 0.717) is 18.5 Å². The van der Waals surface area contributed by atoms with Crippen LogP contribution in [0.15, 0.2) is 54.7 Å². The van der Waals surface area contributed by atoms with Crippen LogP contribution in [0.2, 0.25) is 0 Å². The van der Waals surface area contributed by atoms with Gasteiger partial charge in [-0.1, -0.05) is 36.4 Å². The number of carbonyl (C=O) groups is 1. The zero-order chi connectivity index (χ0) is 16.2. The average Bonchev–Trinajstić information content (AvgIpc) is 2.92. The molecule has 0 radical (unpaired) electrons. The first-order valence-corrected chi connectivity index (χ1v) is 7.45. The molecule has 0 fully saturated rings. The van der Waals surface area contributed by atoms with Crippen molar-refractivity contribution in [3.63, 3.8) is 0 Å². The number of amides is 1. The fourth-order valence-corrected chi connectivity index (χ4v) is 2.67. The number of carbonyl (C=O) groups excluding carboxylic acids is 1. The Kier molecular flexibility index (Phi) is 4.30. The Balaban J connectivity index is 1.76. The second kappa shape index (κ2) is 6.54. The second-order valence-electron chi connectivity index (χ2n) is 5.51. The summed E-state index contributed by atoms with van der Waals surface area (Å²) in [5, 5.41) is 21.1. The van der Waals surface area contributed by atoms with E-state index in [4.69, 9.17) is 5.21 Å². The molecule has 3 N–H and O–H groups in total. The summed E-state index contributed by atoms with van der Waals surface area (Å²) in [6.45, 7) is 0.558. The quantitative estimate of drug-likeness (QED) is 0.501. The van der Waals surface area contributed by atoms with Gasteiger partial charge in [0.15, 0.2) is 5.88 Å². The summed E-state index contributed by atoms with van der Waals surface area (Å²) in [5.74, 6) is -0.310. The minimum atomic E-state index is -0.466. The molecule has 0 saturated heterocycles. The van der Waals surface area contributed by atoms with Crippen molar-refractivity contribution in [1.82, 2.24) is 10.0 Å². The maximum Gasteiger partial charge on any atom is 0.243 e. The predicted molar refractivity (Wildman–Crippen MR) is 87.4 cm³/mol. The summed E-state index contributed by atoms with van der Waals surface area (Å²) in [6, 6.07) is 16.1. The van der Waals surface area contributed by atoms with Crippen LogP contribution in [-0.2, 0) is 17.8 Å². The second-order valence-corrected chi connectivity index (χ2v) is 5.51. The molecule has 0 aliphatic rings. The Morgan fingerprint density at radius 2 is 1.87 bits per heavy atom. The van der Waals surface area contributed by atoms with Crippen molar-refractivity contribution in [2.24, 2.45) is 0 Å². The zero-order valence-corrected chi connectivity index (χ0v) is 12.6. The molecule has 2 aromatic carbocycles. The van der Waals surface area contributed by atoms with Crippen molar-refractivity contribution >= 4 is 16.7 Å². The highest BCUT2D eigenvalue weighted by molar-refractivity contribution is 5.83. The average molecular weight is 310 g/mol. The summed E-state index contributed by atoms with van der Waals surface area (Å²) < 4.78 is 1.75. The van der Waals surface area contributed by atoms with Crippen LogP contribution in [0.3, 0.4) is 0 Å². The number of hydroxylamine groups is 1. The van der Waals surface area contributed by atoms with Crippen LogP contribution in [0, 0.1) is 0 Å². The lowest BCUT2D eigenvalue weighted by Crippen LogP contribution is -2.18. The Labute approximate surface area is 133 Å². The van der Waals surface area contributed by atoms with Crippen molar-refractivity contribution in [1.29, 1.82) is 0 Å². The van der Waals surface area contributed by atoms with Gasteiger partial charge in [-0.05, 0) is 34.9 Å². The van der Waals surface area contributed by atoms with Crippen molar-refractivity contribution in [3.05, 3.63) is 65.9 Å². The Morgan fingerprint density at radius 1 is 1.09 bits per heavy atom. The van der Waals surface area contributed by atoms with Gasteiger partial charge in [0.05, 0.1) is 6.54 Å². The molecule has 5 heteroatoms. The molecule has 5 nitrogen and oxygen atoms in total. The maximum absolute atomic E-state index is 11.1. The lowest BCUT2D eigenvalue weighted by molar-refractivity contribution is -0.129. The van der Waals surface area contributed by atoms with E-state index in [2.05, 4.69) is 24.3 Å². The van der Waals surface area contributed by atoms with Gasteiger partial charge in [-0.15, -0.1) is 0 Å². The Bertz CT molecular complexity index is 839. The van der Waals surface area contributed by atoms with E-state index in [-0.39, 0.29) is 12.3 Å².